The van der Waals surface area contributed by atoms with Gasteiger partial charge in [-0.3, -0.25) is 4.98 Å². The molecule has 2 aromatic rings. The fourth-order valence-electron chi connectivity index (χ4n) is 2.52. The molecule has 2 heterocycles. The minimum Gasteiger partial charge on any atom is -0.355 e. The summed E-state index contributed by atoms with van der Waals surface area (Å²) in [6, 6.07) is 10.4. The SMILES string of the molecule is c1cnc2c(CCNCC3CCOCO3)cccc2c1. The van der Waals surface area contributed by atoms with Gasteiger partial charge >= 0.3 is 0 Å². The molecule has 1 fully saturated rings. The topological polar surface area (TPSA) is 43.4 Å². The third kappa shape index (κ3) is 3.33. The number of para-hydroxylation sites is 1. The van der Waals surface area contributed by atoms with Gasteiger partial charge in [0, 0.05) is 18.1 Å². The third-order valence-corrected chi connectivity index (χ3v) is 3.63. The predicted octanol–water partition coefficient (Wildman–Crippen LogP) is 2.13. The monoisotopic (exact) mass is 272 g/mol. The standard InChI is InChI=1S/C16H20N2O2/c1-3-13-5-2-8-18-16(13)14(4-1)6-9-17-11-15-7-10-19-12-20-15/h1-5,8,15,17H,6-7,9-12H2. The summed E-state index contributed by atoms with van der Waals surface area (Å²) in [6.07, 6.45) is 4.10. The first-order valence-electron chi connectivity index (χ1n) is 7.16. The van der Waals surface area contributed by atoms with E-state index in [0.29, 0.717) is 6.79 Å². The van der Waals surface area contributed by atoms with Crippen LogP contribution in [0.1, 0.15) is 12.0 Å². The van der Waals surface area contributed by atoms with E-state index in [1.807, 2.05) is 12.3 Å². The molecular weight excluding hydrogens is 252 g/mol. The van der Waals surface area contributed by atoms with Gasteiger partial charge in [-0.25, -0.2) is 0 Å². The Hall–Kier alpha value is -1.49. The maximum atomic E-state index is 5.50. The number of rotatable bonds is 5. The molecule has 3 rings (SSSR count). The summed E-state index contributed by atoms with van der Waals surface area (Å²) in [6.45, 7) is 3.07. The molecule has 4 heteroatoms. The van der Waals surface area contributed by atoms with Crippen LogP contribution in [-0.4, -0.2) is 37.6 Å². The highest BCUT2D eigenvalue weighted by Gasteiger charge is 2.13. The van der Waals surface area contributed by atoms with Crippen LogP contribution in [0.25, 0.3) is 10.9 Å². The van der Waals surface area contributed by atoms with Crippen molar-refractivity contribution in [1.29, 1.82) is 0 Å². The van der Waals surface area contributed by atoms with Gasteiger partial charge in [0.15, 0.2) is 0 Å². The van der Waals surface area contributed by atoms with Crippen LogP contribution in [0, 0.1) is 0 Å². The van der Waals surface area contributed by atoms with Gasteiger partial charge in [0.1, 0.15) is 6.79 Å². The summed E-state index contributed by atoms with van der Waals surface area (Å²) < 4.78 is 10.7. The Morgan fingerprint density at radius 1 is 1.25 bits per heavy atom. The van der Waals surface area contributed by atoms with Gasteiger partial charge in [-0.2, -0.15) is 0 Å². The zero-order valence-electron chi connectivity index (χ0n) is 11.5. The highest BCUT2D eigenvalue weighted by Crippen LogP contribution is 2.16. The van der Waals surface area contributed by atoms with Gasteiger partial charge in [0.2, 0.25) is 0 Å². The van der Waals surface area contributed by atoms with E-state index in [-0.39, 0.29) is 6.10 Å². The molecule has 1 aliphatic heterocycles. The average molecular weight is 272 g/mol. The third-order valence-electron chi connectivity index (χ3n) is 3.63. The maximum Gasteiger partial charge on any atom is 0.147 e. The second-order valence-corrected chi connectivity index (χ2v) is 5.05. The lowest BCUT2D eigenvalue weighted by atomic mass is 10.1. The van der Waals surface area contributed by atoms with E-state index < -0.39 is 0 Å². The van der Waals surface area contributed by atoms with Crippen molar-refractivity contribution in [3.8, 4) is 0 Å². The lowest BCUT2D eigenvalue weighted by molar-refractivity contribution is -0.137. The number of aromatic nitrogens is 1. The van der Waals surface area contributed by atoms with Crippen molar-refractivity contribution in [1.82, 2.24) is 10.3 Å². The van der Waals surface area contributed by atoms with Gasteiger partial charge in [0.05, 0.1) is 18.2 Å². The average Bonchev–Trinajstić information content (AvgIpc) is 2.53. The van der Waals surface area contributed by atoms with Gasteiger partial charge in [-0.15, -0.1) is 0 Å². The van der Waals surface area contributed by atoms with E-state index in [1.165, 1.54) is 10.9 Å². The molecule has 0 radical (unpaired) electrons. The molecule has 1 N–H and O–H groups in total. The number of benzene rings is 1. The van der Waals surface area contributed by atoms with Gasteiger partial charge in [-0.1, -0.05) is 24.3 Å². The summed E-state index contributed by atoms with van der Waals surface area (Å²) in [5.41, 5.74) is 2.41. The largest absolute Gasteiger partial charge is 0.355 e. The number of nitrogens with one attached hydrogen (secondary N) is 1. The molecule has 106 valence electrons. The van der Waals surface area contributed by atoms with Crippen molar-refractivity contribution >= 4 is 10.9 Å². The Labute approximate surface area is 119 Å². The number of hydrogen-bond acceptors (Lipinski definition) is 4. The quantitative estimate of drug-likeness (QED) is 0.847. The Kier molecular flexibility index (Phi) is 4.58. The van der Waals surface area contributed by atoms with Crippen molar-refractivity contribution in [2.75, 3.05) is 26.5 Å². The number of nitrogens with zero attached hydrogens (tertiary/aromatic N) is 1. The lowest BCUT2D eigenvalue weighted by Crippen LogP contribution is -2.34. The van der Waals surface area contributed by atoms with Crippen LogP contribution in [0.3, 0.4) is 0 Å². The Balaban J connectivity index is 1.52. The number of fused-ring (bicyclic) bond motifs is 1. The molecular formula is C16H20N2O2. The Morgan fingerprint density at radius 2 is 2.20 bits per heavy atom. The van der Waals surface area contributed by atoms with E-state index >= 15 is 0 Å². The summed E-state index contributed by atoms with van der Waals surface area (Å²) in [4.78, 5) is 4.48. The van der Waals surface area contributed by atoms with Crippen molar-refractivity contribution < 1.29 is 9.47 Å². The van der Waals surface area contributed by atoms with Gasteiger partial charge in [-0.05, 0) is 31.0 Å². The van der Waals surface area contributed by atoms with Crippen LogP contribution in [-0.2, 0) is 15.9 Å². The van der Waals surface area contributed by atoms with Crippen LogP contribution in [0.2, 0.25) is 0 Å². The van der Waals surface area contributed by atoms with E-state index in [9.17, 15) is 0 Å². The van der Waals surface area contributed by atoms with Crippen LogP contribution in [0.4, 0.5) is 0 Å². The first-order chi connectivity index (χ1) is 9.93. The van der Waals surface area contributed by atoms with E-state index in [2.05, 4.69) is 34.6 Å². The Morgan fingerprint density at radius 3 is 3.10 bits per heavy atom. The van der Waals surface area contributed by atoms with Gasteiger partial charge < -0.3 is 14.8 Å². The van der Waals surface area contributed by atoms with Crippen LogP contribution in [0.15, 0.2) is 36.5 Å². The van der Waals surface area contributed by atoms with Crippen LogP contribution >= 0.6 is 0 Å². The molecule has 1 aliphatic rings. The molecule has 1 unspecified atom stereocenters. The number of pyridine rings is 1. The highest BCUT2D eigenvalue weighted by molar-refractivity contribution is 5.81. The molecule has 1 atom stereocenters. The molecule has 0 amide bonds. The van der Waals surface area contributed by atoms with Crippen molar-refractivity contribution in [2.45, 2.75) is 18.9 Å². The second-order valence-electron chi connectivity index (χ2n) is 5.05. The molecule has 1 aromatic heterocycles. The van der Waals surface area contributed by atoms with Crippen molar-refractivity contribution in [3.05, 3.63) is 42.1 Å². The molecule has 4 nitrogen and oxygen atoms in total. The zero-order valence-corrected chi connectivity index (χ0v) is 11.5. The molecule has 1 aromatic carbocycles. The molecule has 20 heavy (non-hydrogen) atoms. The normalized spacial score (nSPS) is 19.3. The summed E-state index contributed by atoms with van der Waals surface area (Å²) in [7, 11) is 0. The first kappa shape index (κ1) is 13.5. The summed E-state index contributed by atoms with van der Waals surface area (Å²) in [5, 5.41) is 4.67. The number of hydrogen-bond donors (Lipinski definition) is 1. The predicted molar refractivity (Wildman–Crippen MR) is 78.6 cm³/mol. The van der Waals surface area contributed by atoms with Crippen molar-refractivity contribution in [3.63, 3.8) is 0 Å². The highest BCUT2D eigenvalue weighted by atomic mass is 16.7. The molecule has 0 saturated carbocycles. The second kappa shape index (κ2) is 6.79. The van der Waals surface area contributed by atoms with E-state index in [1.54, 1.807) is 0 Å². The molecule has 0 spiro atoms. The van der Waals surface area contributed by atoms with Gasteiger partial charge in [0.25, 0.3) is 0 Å². The molecule has 0 bridgehead atoms. The van der Waals surface area contributed by atoms with Crippen molar-refractivity contribution in [2.24, 2.45) is 0 Å². The lowest BCUT2D eigenvalue weighted by Gasteiger charge is -2.23. The Bertz CT molecular complexity index is 548. The summed E-state index contributed by atoms with van der Waals surface area (Å²) in [5.74, 6) is 0. The minimum atomic E-state index is 0.286. The summed E-state index contributed by atoms with van der Waals surface area (Å²) >= 11 is 0. The number of ether oxygens (including phenoxy) is 2. The van der Waals surface area contributed by atoms with Crippen LogP contribution < -0.4 is 5.32 Å². The fourth-order valence-corrected chi connectivity index (χ4v) is 2.52. The van der Waals surface area contributed by atoms with Crippen LogP contribution in [0.5, 0.6) is 0 Å². The van der Waals surface area contributed by atoms with E-state index in [0.717, 1.165) is 38.1 Å². The fraction of sp³-hybridized carbons (Fsp3) is 0.438. The molecule has 0 aliphatic carbocycles. The smallest absolute Gasteiger partial charge is 0.147 e. The first-order valence-corrected chi connectivity index (χ1v) is 7.16. The minimum absolute atomic E-state index is 0.286. The van der Waals surface area contributed by atoms with E-state index in [4.69, 9.17) is 9.47 Å². The molecule has 1 saturated heterocycles. The zero-order chi connectivity index (χ0) is 13.6. The maximum absolute atomic E-state index is 5.50.